The lowest BCUT2D eigenvalue weighted by Gasteiger charge is -2.29. The largest absolute Gasteiger partial charge is 0.366 e. The number of benzene rings is 1. The lowest BCUT2D eigenvalue weighted by Crippen LogP contribution is -2.34. The van der Waals surface area contributed by atoms with E-state index in [1.807, 2.05) is 6.92 Å². The molecule has 3 rings (SSSR count). The van der Waals surface area contributed by atoms with Crippen molar-refractivity contribution in [3.05, 3.63) is 40.7 Å². The van der Waals surface area contributed by atoms with Gasteiger partial charge in [-0.3, -0.25) is 19.9 Å². The van der Waals surface area contributed by atoms with Gasteiger partial charge in [0.05, 0.1) is 10.3 Å². The number of anilines is 1. The molecular weight excluding hydrogens is 284 g/mol. The summed E-state index contributed by atoms with van der Waals surface area (Å²) in [7, 11) is 0. The molecule has 22 heavy (non-hydrogen) atoms. The molecule has 0 unspecified atom stereocenters. The number of rotatable bonds is 2. The summed E-state index contributed by atoms with van der Waals surface area (Å²) in [5, 5.41) is 15.3. The van der Waals surface area contributed by atoms with Crippen LogP contribution >= 0.6 is 0 Å². The van der Waals surface area contributed by atoms with Crippen LogP contribution in [-0.4, -0.2) is 34.9 Å². The Labute approximate surface area is 127 Å². The average Bonchev–Trinajstić information content (AvgIpc) is 2.66. The van der Waals surface area contributed by atoms with Crippen molar-refractivity contribution in [2.24, 2.45) is 0 Å². The van der Waals surface area contributed by atoms with E-state index in [4.69, 9.17) is 0 Å². The molecule has 1 saturated heterocycles. The zero-order valence-electron chi connectivity index (χ0n) is 12.2. The number of nitro benzene ring substituents is 1. The van der Waals surface area contributed by atoms with E-state index in [0.717, 1.165) is 11.1 Å². The first-order chi connectivity index (χ1) is 10.6. The van der Waals surface area contributed by atoms with E-state index < -0.39 is 4.92 Å². The van der Waals surface area contributed by atoms with Crippen LogP contribution in [0.1, 0.15) is 13.3 Å². The van der Waals surface area contributed by atoms with E-state index in [1.165, 1.54) is 12.3 Å². The van der Waals surface area contributed by atoms with Crippen molar-refractivity contribution in [1.29, 1.82) is 0 Å². The molecule has 0 radical (unpaired) electrons. The van der Waals surface area contributed by atoms with Crippen molar-refractivity contribution in [3.8, 4) is 0 Å². The smallest absolute Gasteiger partial charge is 0.278 e. The molecule has 0 bridgehead atoms. The Morgan fingerprint density at radius 2 is 2.18 bits per heavy atom. The van der Waals surface area contributed by atoms with Crippen molar-refractivity contribution < 1.29 is 9.72 Å². The van der Waals surface area contributed by atoms with Crippen LogP contribution in [0.25, 0.3) is 10.8 Å². The normalized spacial score (nSPS) is 18.9. The van der Waals surface area contributed by atoms with Crippen LogP contribution in [0.15, 0.2) is 30.6 Å². The molecule has 1 atom stereocenters. The standard InChI is InChI=1S/C15H16N4O3/c1-10-8-15(20)17-6-7-18(10)13-2-3-14(19(21)22)12-9-16-5-4-11(12)13/h2-5,9-10H,6-8H2,1H3,(H,17,20)/t10-/m0/s1. The van der Waals surface area contributed by atoms with Crippen LogP contribution in [0.4, 0.5) is 11.4 Å². The Morgan fingerprint density at radius 1 is 1.36 bits per heavy atom. The fraction of sp³-hybridized carbons (Fsp3) is 0.333. The number of pyridine rings is 1. The minimum Gasteiger partial charge on any atom is -0.366 e. The van der Waals surface area contributed by atoms with Crippen LogP contribution < -0.4 is 10.2 Å². The summed E-state index contributed by atoms with van der Waals surface area (Å²) in [5.74, 6) is 0.0304. The molecule has 1 aliphatic rings. The maximum Gasteiger partial charge on any atom is 0.278 e. The van der Waals surface area contributed by atoms with Gasteiger partial charge in [-0.1, -0.05) is 0 Å². The first kappa shape index (κ1) is 14.2. The Balaban J connectivity index is 2.13. The highest BCUT2D eigenvalue weighted by Crippen LogP contribution is 2.34. The third kappa shape index (κ3) is 2.45. The zero-order valence-corrected chi connectivity index (χ0v) is 12.2. The number of hydrogen-bond acceptors (Lipinski definition) is 5. The minimum absolute atomic E-state index is 0.0281. The first-order valence-electron chi connectivity index (χ1n) is 7.12. The van der Waals surface area contributed by atoms with E-state index in [-0.39, 0.29) is 17.6 Å². The number of amides is 1. The highest BCUT2D eigenvalue weighted by atomic mass is 16.6. The van der Waals surface area contributed by atoms with E-state index in [9.17, 15) is 14.9 Å². The van der Waals surface area contributed by atoms with Crippen LogP contribution in [0.3, 0.4) is 0 Å². The Morgan fingerprint density at radius 3 is 2.95 bits per heavy atom. The van der Waals surface area contributed by atoms with Crippen molar-refractivity contribution in [3.63, 3.8) is 0 Å². The van der Waals surface area contributed by atoms with Crippen molar-refractivity contribution >= 4 is 28.1 Å². The van der Waals surface area contributed by atoms with Gasteiger partial charge in [0.25, 0.3) is 5.69 Å². The number of nitrogens with one attached hydrogen (secondary N) is 1. The van der Waals surface area contributed by atoms with E-state index in [0.29, 0.717) is 24.9 Å². The van der Waals surface area contributed by atoms with Crippen molar-refractivity contribution in [1.82, 2.24) is 10.3 Å². The lowest BCUT2D eigenvalue weighted by molar-refractivity contribution is -0.383. The maximum atomic E-state index is 11.6. The molecule has 2 heterocycles. The predicted molar refractivity (Wildman–Crippen MR) is 82.8 cm³/mol. The molecular formula is C15H16N4O3. The molecule has 0 aliphatic carbocycles. The summed E-state index contributed by atoms with van der Waals surface area (Å²) < 4.78 is 0. The van der Waals surface area contributed by atoms with E-state index in [1.54, 1.807) is 18.3 Å². The molecule has 1 N–H and O–H groups in total. The molecule has 1 amide bonds. The second kappa shape index (κ2) is 5.59. The molecule has 2 aromatic rings. The third-order valence-electron chi connectivity index (χ3n) is 3.97. The molecule has 1 fully saturated rings. The SMILES string of the molecule is C[C@H]1CC(=O)NCCN1c1ccc([N+](=O)[O-])c2cnccc12. The molecule has 114 valence electrons. The van der Waals surface area contributed by atoms with Crippen LogP contribution in [0, 0.1) is 10.1 Å². The second-order valence-corrected chi connectivity index (χ2v) is 5.38. The Kier molecular flexibility index (Phi) is 3.62. The monoisotopic (exact) mass is 300 g/mol. The number of carbonyl (C=O) groups is 1. The highest BCUT2D eigenvalue weighted by molar-refractivity contribution is 5.99. The number of nitro groups is 1. The molecule has 1 aromatic heterocycles. The average molecular weight is 300 g/mol. The summed E-state index contributed by atoms with van der Waals surface area (Å²) in [6.07, 6.45) is 3.55. The van der Waals surface area contributed by atoms with Crippen molar-refractivity contribution in [2.45, 2.75) is 19.4 Å². The van der Waals surface area contributed by atoms with Gasteiger partial charge in [-0.05, 0) is 19.1 Å². The number of hydrogen-bond donors (Lipinski definition) is 1. The van der Waals surface area contributed by atoms with Gasteiger partial charge >= 0.3 is 0 Å². The number of aromatic nitrogens is 1. The van der Waals surface area contributed by atoms with Crippen LogP contribution in [0.2, 0.25) is 0 Å². The molecule has 0 saturated carbocycles. The first-order valence-corrected chi connectivity index (χ1v) is 7.12. The topological polar surface area (TPSA) is 88.4 Å². The van der Waals surface area contributed by atoms with Gasteiger partial charge in [-0.25, -0.2) is 0 Å². The Bertz CT molecular complexity index is 747. The maximum absolute atomic E-state index is 11.6. The van der Waals surface area contributed by atoms with Gasteiger partial charge in [0.2, 0.25) is 5.91 Å². The van der Waals surface area contributed by atoms with E-state index in [2.05, 4.69) is 15.2 Å². The summed E-state index contributed by atoms with van der Waals surface area (Å²) in [5.41, 5.74) is 0.940. The molecule has 1 aromatic carbocycles. The second-order valence-electron chi connectivity index (χ2n) is 5.38. The fourth-order valence-electron chi connectivity index (χ4n) is 2.91. The fourth-order valence-corrected chi connectivity index (χ4v) is 2.91. The number of non-ortho nitro benzene ring substituents is 1. The van der Waals surface area contributed by atoms with Crippen LogP contribution in [-0.2, 0) is 4.79 Å². The molecule has 7 nitrogen and oxygen atoms in total. The highest BCUT2D eigenvalue weighted by Gasteiger charge is 2.24. The lowest BCUT2D eigenvalue weighted by atomic mass is 10.1. The summed E-state index contributed by atoms with van der Waals surface area (Å²) in [4.78, 5) is 28.5. The van der Waals surface area contributed by atoms with Crippen molar-refractivity contribution in [2.75, 3.05) is 18.0 Å². The molecule has 0 spiro atoms. The van der Waals surface area contributed by atoms with Gasteiger partial charge in [0.15, 0.2) is 0 Å². The number of fused-ring (bicyclic) bond motifs is 1. The van der Waals surface area contributed by atoms with Gasteiger partial charge in [0.1, 0.15) is 0 Å². The third-order valence-corrected chi connectivity index (χ3v) is 3.97. The van der Waals surface area contributed by atoms with Gasteiger partial charge in [-0.15, -0.1) is 0 Å². The van der Waals surface area contributed by atoms with Crippen LogP contribution in [0.5, 0.6) is 0 Å². The van der Waals surface area contributed by atoms with Gasteiger partial charge in [-0.2, -0.15) is 0 Å². The summed E-state index contributed by atoms with van der Waals surface area (Å²) >= 11 is 0. The Hall–Kier alpha value is -2.70. The van der Waals surface area contributed by atoms with Gasteiger partial charge < -0.3 is 10.2 Å². The number of nitrogens with zero attached hydrogens (tertiary/aromatic N) is 3. The quantitative estimate of drug-likeness (QED) is 0.675. The minimum atomic E-state index is -0.398. The number of carbonyl (C=O) groups excluding carboxylic acids is 1. The molecule has 7 heteroatoms. The summed E-state index contributed by atoms with van der Waals surface area (Å²) in [6.45, 7) is 3.22. The summed E-state index contributed by atoms with van der Waals surface area (Å²) in [6, 6.07) is 5.07. The molecule has 1 aliphatic heterocycles. The van der Waals surface area contributed by atoms with E-state index >= 15 is 0 Å². The van der Waals surface area contributed by atoms with Gasteiger partial charge in [0, 0.05) is 55.1 Å². The predicted octanol–water partition coefficient (Wildman–Crippen LogP) is 1.86. The zero-order chi connectivity index (χ0) is 15.7.